The van der Waals surface area contributed by atoms with Crippen LogP contribution >= 0.6 is 0 Å². The normalized spacial score (nSPS) is 20.5. The average molecular weight is 565 g/mol. The number of amidine groups is 1. The van der Waals surface area contributed by atoms with Crippen LogP contribution < -0.4 is 14.5 Å². The Morgan fingerprint density at radius 1 is 1.05 bits per heavy atom. The second-order valence-corrected chi connectivity index (χ2v) is 17.5. The summed E-state index contributed by atoms with van der Waals surface area (Å²) in [6.45, 7) is 18.4. The Morgan fingerprint density at radius 2 is 1.70 bits per heavy atom. The van der Waals surface area contributed by atoms with E-state index in [1.54, 1.807) is 12.3 Å². The molecule has 1 aromatic carbocycles. The van der Waals surface area contributed by atoms with Gasteiger partial charge in [-0.05, 0) is 53.7 Å². The molecule has 1 atom stereocenters. The van der Waals surface area contributed by atoms with Crippen molar-refractivity contribution >= 4 is 43.2 Å². The quantitative estimate of drug-likeness (QED) is 0.392. The molecule has 0 spiro atoms. The number of aliphatic imine (C=N–C) groups is 1. The van der Waals surface area contributed by atoms with Gasteiger partial charge in [0.2, 0.25) is 14.1 Å². The van der Waals surface area contributed by atoms with Gasteiger partial charge >= 0.3 is 6.09 Å². The second-order valence-electron chi connectivity index (χ2n) is 12.2. The number of ether oxygens (including phenoxy) is 1. The maximum Gasteiger partial charge on any atom is 0.413 e. The van der Waals surface area contributed by atoms with E-state index in [2.05, 4.69) is 46.5 Å². The lowest BCUT2D eigenvalue weighted by Gasteiger charge is -2.48. The summed E-state index contributed by atoms with van der Waals surface area (Å²) in [6, 6.07) is 5.74. The van der Waals surface area contributed by atoms with Crippen LogP contribution in [-0.2, 0) is 4.43 Å². The highest BCUT2D eigenvalue weighted by Gasteiger charge is 2.60. The van der Waals surface area contributed by atoms with Gasteiger partial charge in [0.05, 0.1) is 24.1 Å². The number of aromatic nitrogens is 1. The maximum atomic E-state index is 14.6. The van der Waals surface area contributed by atoms with Crippen LogP contribution in [0.2, 0.25) is 16.6 Å². The number of Topliss-reactive ketones (excluding diaryl/α,β-unsaturated/α-hetero) is 1. The number of carboxylic acid groups (broad SMARTS) is 1. The van der Waals surface area contributed by atoms with Crippen LogP contribution in [0.4, 0.5) is 22.0 Å². The number of hydrogen-bond acceptors (Lipinski definition) is 7. The zero-order valence-electron chi connectivity index (χ0n) is 24.7. The van der Waals surface area contributed by atoms with Crippen molar-refractivity contribution in [2.45, 2.75) is 84.0 Å². The van der Waals surface area contributed by atoms with Crippen LogP contribution in [0.15, 0.2) is 29.4 Å². The van der Waals surface area contributed by atoms with Gasteiger partial charge < -0.3 is 19.2 Å². The van der Waals surface area contributed by atoms with Gasteiger partial charge in [-0.3, -0.25) is 9.69 Å². The van der Waals surface area contributed by atoms with Crippen LogP contribution in [0.3, 0.4) is 0 Å². The van der Waals surface area contributed by atoms with Crippen LogP contribution in [0.1, 0.15) is 69.4 Å². The summed E-state index contributed by atoms with van der Waals surface area (Å²) in [5.41, 5.74) is 3.73. The van der Waals surface area contributed by atoms with Crippen LogP contribution in [0.25, 0.3) is 0 Å². The van der Waals surface area contributed by atoms with E-state index in [1.165, 1.54) is 4.90 Å². The van der Waals surface area contributed by atoms with E-state index >= 15 is 0 Å². The summed E-state index contributed by atoms with van der Waals surface area (Å²) in [5, 5.41) is 9.61. The molecule has 0 radical (unpaired) electrons. The van der Waals surface area contributed by atoms with E-state index in [0.29, 0.717) is 41.5 Å². The highest BCUT2D eigenvalue weighted by Crippen LogP contribution is 2.51. The van der Waals surface area contributed by atoms with Gasteiger partial charge in [0.25, 0.3) is 0 Å². The SMILES string of the molecule is Cc1cc2c(cc1C)C(=O)C1(O[Si](C(C)C)(C(C)C)C(C)C)CCN(c3cnc4c(c3)OCCN4C(=O)O)C1=N2. The fourth-order valence-electron chi connectivity index (χ4n) is 6.95. The number of carbonyl (C=O) groups excluding carboxylic acids is 1. The molecule has 40 heavy (non-hydrogen) atoms. The molecule has 9 nitrogen and oxygen atoms in total. The van der Waals surface area contributed by atoms with Crippen LogP contribution in [-0.4, -0.2) is 61.4 Å². The lowest BCUT2D eigenvalue weighted by molar-refractivity contribution is 0.0622. The van der Waals surface area contributed by atoms with Crippen molar-refractivity contribution in [1.82, 2.24) is 4.98 Å². The molecule has 1 fully saturated rings. The summed E-state index contributed by atoms with van der Waals surface area (Å²) in [4.78, 5) is 39.2. The van der Waals surface area contributed by atoms with E-state index in [1.807, 2.05) is 30.9 Å². The average Bonchev–Trinajstić information content (AvgIpc) is 3.26. The van der Waals surface area contributed by atoms with Crippen molar-refractivity contribution < 1.29 is 23.9 Å². The molecule has 214 valence electrons. The van der Waals surface area contributed by atoms with Crippen molar-refractivity contribution in [3.8, 4) is 5.75 Å². The first kappa shape index (κ1) is 28.3. The molecule has 4 heterocycles. The molecule has 10 heteroatoms. The summed E-state index contributed by atoms with van der Waals surface area (Å²) >= 11 is 0. The number of amides is 1. The molecule has 1 unspecified atom stereocenters. The van der Waals surface area contributed by atoms with Crippen LogP contribution in [0.5, 0.6) is 5.75 Å². The van der Waals surface area contributed by atoms with Gasteiger partial charge in [-0.1, -0.05) is 41.5 Å². The highest BCUT2D eigenvalue weighted by atomic mass is 28.4. The summed E-state index contributed by atoms with van der Waals surface area (Å²) < 4.78 is 13.2. The monoisotopic (exact) mass is 564 g/mol. The Hall–Kier alpha value is -3.24. The number of carbonyl (C=O) groups is 2. The Kier molecular flexibility index (Phi) is 7.07. The topological polar surface area (TPSA) is 105 Å². The largest absolute Gasteiger partial charge is 0.488 e. The molecule has 3 aliphatic heterocycles. The number of ketones is 1. The van der Waals surface area contributed by atoms with Crippen molar-refractivity contribution in [2.75, 3.05) is 29.5 Å². The minimum Gasteiger partial charge on any atom is -0.488 e. The molecular weight excluding hydrogens is 524 g/mol. The number of pyridine rings is 1. The molecule has 1 amide bonds. The van der Waals surface area contributed by atoms with Gasteiger partial charge in [0.15, 0.2) is 17.2 Å². The Labute approximate surface area is 237 Å². The van der Waals surface area contributed by atoms with Crippen molar-refractivity contribution in [3.05, 3.63) is 41.1 Å². The van der Waals surface area contributed by atoms with Gasteiger partial charge in [0.1, 0.15) is 12.4 Å². The number of rotatable bonds is 6. The molecular formula is C30H40N4O5Si. The number of fused-ring (bicyclic) bond motifs is 3. The number of benzene rings is 1. The number of nitrogens with zero attached hydrogens (tertiary/aromatic N) is 4. The molecule has 0 bridgehead atoms. The molecule has 0 saturated carbocycles. The van der Waals surface area contributed by atoms with E-state index in [4.69, 9.17) is 14.2 Å². The third kappa shape index (κ3) is 4.14. The summed E-state index contributed by atoms with van der Waals surface area (Å²) in [5.74, 6) is 1.22. The summed E-state index contributed by atoms with van der Waals surface area (Å²) in [6.07, 6.45) is 1.04. The Bertz CT molecular complexity index is 1380. The fourth-order valence-corrected chi connectivity index (χ4v) is 12.5. The number of hydrogen-bond donors (Lipinski definition) is 1. The van der Waals surface area contributed by atoms with E-state index < -0.39 is 20.0 Å². The Balaban J connectivity index is 1.68. The first-order valence-electron chi connectivity index (χ1n) is 14.2. The molecule has 1 saturated heterocycles. The molecule has 0 aliphatic carbocycles. The van der Waals surface area contributed by atoms with Crippen molar-refractivity contribution in [3.63, 3.8) is 0 Å². The molecule has 2 aromatic rings. The lowest BCUT2D eigenvalue weighted by Crippen LogP contribution is -2.61. The lowest BCUT2D eigenvalue weighted by atomic mass is 9.86. The molecule has 1 N–H and O–H groups in total. The predicted octanol–water partition coefficient (Wildman–Crippen LogP) is 6.64. The predicted molar refractivity (Wildman–Crippen MR) is 159 cm³/mol. The van der Waals surface area contributed by atoms with E-state index in [9.17, 15) is 14.7 Å². The molecule has 1 aromatic heterocycles. The van der Waals surface area contributed by atoms with Gasteiger partial charge in [-0.25, -0.2) is 14.8 Å². The summed E-state index contributed by atoms with van der Waals surface area (Å²) in [7, 11) is -2.51. The zero-order valence-corrected chi connectivity index (χ0v) is 25.7. The van der Waals surface area contributed by atoms with Gasteiger partial charge in [-0.2, -0.15) is 0 Å². The van der Waals surface area contributed by atoms with Gasteiger partial charge in [-0.15, -0.1) is 0 Å². The fraction of sp³-hybridized carbons (Fsp3) is 0.533. The smallest absolute Gasteiger partial charge is 0.413 e. The minimum atomic E-state index is -2.51. The van der Waals surface area contributed by atoms with Crippen LogP contribution in [0, 0.1) is 13.8 Å². The number of aryl methyl sites for hydroxylation is 2. The molecule has 3 aliphatic rings. The third-order valence-electron chi connectivity index (χ3n) is 9.00. The Morgan fingerprint density at radius 3 is 2.33 bits per heavy atom. The first-order chi connectivity index (χ1) is 18.8. The second kappa shape index (κ2) is 9.99. The highest BCUT2D eigenvalue weighted by molar-refractivity contribution is 6.78. The standard InChI is InChI=1S/C30H40N4O5Si/c1-17(2)40(18(3)4,19(5)6)39-30-9-10-33(22-15-25-27(31-16-22)34(29(36)37)11-12-38-25)28(30)32-24-14-21(8)20(7)13-23(24)26(30)35/h13-19H,9-12H2,1-8H3,(H,36,37). The number of anilines is 2. The minimum absolute atomic E-state index is 0.0313. The third-order valence-corrected chi connectivity index (χ3v) is 15.1. The van der Waals surface area contributed by atoms with Gasteiger partial charge in [0, 0.05) is 24.6 Å². The zero-order chi connectivity index (χ0) is 29.1. The van der Waals surface area contributed by atoms with E-state index in [-0.39, 0.29) is 41.4 Å². The van der Waals surface area contributed by atoms with Crippen molar-refractivity contribution in [1.29, 1.82) is 0 Å². The first-order valence-corrected chi connectivity index (χ1v) is 16.3. The maximum absolute atomic E-state index is 14.6. The molecule has 5 rings (SSSR count). The van der Waals surface area contributed by atoms with E-state index in [0.717, 1.165) is 11.1 Å². The van der Waals surface area contributed by atoms with Crippen molar-refractivity contribution in [2.24, 2.45) is 4.99 Å².